The number of thiocarbonyl (C=S) groups is 1. The zero-order chi connectivity index (χ0) is 11.7. The van der Waals surface area contributed by atoms with E-state index in [1.54, 1.807) is 6.92 Å². The normalized spacial score (nSPS) is 34.4. The molecule has 3 aliphatic rings. The van der Waals surface area contributed by atoms with Gasteiger partial charge in [0.1, 0.15) is 0 Å². The number of nitrogens with zero attached hydrogens (tertiary/aromatic N) is 1. The van der Waals surface area contributed by atoms with Crippen LogP contribution in [0.4, 0.5) is 0 Å². The second-order valence-electron chi connectivity index (χ2n) is 4.88. The van der Waals surface area contributed by atoms with Crippen LogP contribution in [0.15, 0.2) is 0 Å². The van der Waals surface area contributed by atoms with Crippen LogP contribution in [0, 0.1) is 11.8 Å². The third-order valence-corrected chi connectivity index (χ3v) is 4.16. The molecule has 2 bridgehead atoms. The zero-order valence-corrected chi connectivity index (χ0v) is 10.4. The number of fused-ring (bicyclic) bond motifs is 3. The van der Waals surface area contributed by atoms with Gasteiger partial charge in [-0.3, -0.25) is 4.79 Å². The van der Waals surface area contributed by atoms with E-state index < -0.39 is 0 Å². The average molecular weight is 241 g/mol. The Kier molecular flexibility index (Phi) is 3.44. The molecule has 0 aromatic rings. The van der Waals surface area contributed by atoms with Gasteiger partial charge in [0, 0.05) is 12.6 Å². The Morgan fingerprint density at radius 1 is 1.50 bits per heavy atom. The summed E-state index contributed by atoms with van der Waals surface area (Å²) in [7, 11) is 0. The predicted molar refractivity (Wildman–Crippen MR) is 67.0 cm³/mol. The Morgan fingerprint density at radius 2 is 2.12 bits per heavy atom. The summed E-state index contributed by atoms with van der Waals surface area (Å²) in [4.78, 5) is 14.5. The Hall–Kier alpha value is -0.680. The summed E-state index contributed by atoms with van der Waals surface area (Å²) in [6, 6.07) is 0.298. The van der Waals surface area contributed by atoms with Gasteiger partial charge in [-0.25, -0.2) is 0 Å². The number of carbonyl (C=O) groups is 1. The van der Waals surface area contributed by atoms with Crippen molar-refractivity contribution in [3.63, 3.8) is 0 Å². The monoisotopic (exact) mass is 241 g/mol. The number of hydrogen-bond donors (Lipinski definition) is 2. The van der Waals surface area contributed by atoms with Gasteiger partial charge in [-0.05, 0) is 38.8 Å². The summed E-state index contributed by atoms with van der Waals surface area (Å²) in [5, 5.41) is 3.08. The maximum Gasteiger partial charge on any atom is 0.229 e. The minimum Gasteiger partial charge on any atom is -0.393 e. The molecule has 3 N–H and O–H groups in total. The first-order chi connectivity index (χ1) is 7.58. The molecule has 0 aromatic carbocycles. The minimum atomic E-state index is -0.356. The summed E-state index contributed by atoms with van der Waals surface area (Å²) in [6.45, 7) is 5.11. The quantitative estimate of drug-likeness (QED) is 0.689. The van der Waals surface area contributed by atoms with E-state index in [4.69, 9.17) is 18.0 Å². The van der Waals surface area contributed by atoms with E-state index >= 15 is 0 Å². The van der Waals surface area contributed by atoms with Gasteiger partial charge in [-0.2, -0.15) is 0 Å². The fourth-order valence-corrected chi connectivity index (χ4v) is 2.67. The number of hydrogen-bond acceptors (Lipinski definition) is 3. The van der Waals surface area contributed by atoms with Crippen molar-refractivity contribution in [3.8, 4) is 0 Å². The van der Waals surface area contributed by atoms with E-state index in [0.717, 1.165) is 6.54 Å². The second kappa shape index (κ2) is 4.67. The van der Waals surface area contributed by atoms with Gasteiger partial charge in [0.2, 0.25) is 5.91 Å². The SMILES string of the molecule is CC(C(=O)NC1CN2CCC1CC2)C(N)=S. The first kappa shape index (κ1) is 11.8. The molecule has 4 nitrogen and oxygen atoms in total. The lowest BCUT2D eigenvalue weighted by Crippen LogP contribution is -2.58. The van der Waals surface area contributed by atoms with E-state index in [9.17, 15) is 4.79 Å². The van der Waals surface area contributed by atoms with Crippen LogP contribution in [0.1, 0.15) is 19.8 Å². The molecule has 3 saturated heterocycles. The van der Waals surface area contributed by atoms with Crippen molar-refractivity contribution in [2.24, 2.45) is 17.6 Å². The lowest BCUT2D eigenvalue weighted by atomic mass is 9.84. The Bertz CT molecular complexity index is 300. The van der Waals surface area contributed by atoms with Crippen LogP contribution in [-0.4, -0.2) is 41.5 Å². The highest BCUT2D eigenvalue weighted by molar-refractivity contribution is 7.80. The van der Waals surface area contributed by atoms with Crippen LogP contribution in [0.25, 0.3) is 0 Å². The molecule has 0 spiro atoms. The highest BCUT2D eigenvalue weighted by atomic mass is 32.1. The smallest absolute Gasteiger partial charge is 0.229 e. The van der Waals surface area contributed by atoms with Gasteiger partial charge in [-0.15, -0.1) is 0 Å². The zero-order valence-electron chi connectivity index (χ0n) is 9.61. The first-order valence-electron chi connectivity index (χ1n) is 5.90. The molecule has 0 aromatic heterocycles. The molecule has 5 heteroatoms. The topological polar surface area (TPSA) is 58.4 Å². The predicted octanol–water partition coefficient (Wildman–Crippen LogP) is 0.119. The highest BCUT2D eigenvalue weighted by Crippen LogP contribution is 2.27. The van der Waals surface area contributed by atoms with Crippen molar-refractivity contribution in [3.05, 3.63) is 0 Å². The molecule has 3 rings (SSSR count). The lowest BCUT2D eigenvalue weighted by molar-refractivity contribution is -0.124. The van der Waals surface area contributed by atoms with Crippen LogP contribution in [-0.2, 0) is 4.79 Å². The fraction of sp³-hybridized carbons (Fsp3) is 0.818. The maximum absolute atomic E-state index is 11.8. The third kappa shape index (κ3) is 2.35. The molecule has 0 aliphatic carbocycles. The van der Waals surface area contributed by atoms with Crippen LogP contribution >= 0.6 is 12.2 Å². The molecule has 3 fully saturated rings. The molecule has 1 amide bonds. The fourth-order valence-electron chi connectivity index (χ4n) is 2.57. The largest absolute Gasteiger partial charge is 0.393 e. The number of nitrogens with one attached hydrogen (secondary N) is 1. The van der Waals surface area contributed by atoms with Gasteiger partial charge >= 0.3 is 0 Å². The van der Waals surface area contributed by atoms with E-state index in [-0.39, 0.29) is 16.8 Å². The summed E-state index contributed by atoms with van der Waals surface area (Å²) < 4.78 is 0. The van der Waals surface area contributed by atoms with Gasteiger partial charge in [0.25, 0.3) is 0 Å². The van der Waals surface area contributed by atoms with E-state index in [1.807, 2.05) is 0 Å². The number of carbonyl (C=O) groups excluding carboxylic acids is 1. The van der Waals surface area contributed by atoms with E-state index in [0.29, 0.717) is 12.0 Å². The second-order valence-corrected chi connectivity index (χ2v) is 5.35. The van der Waals surface area contributed by atoms with Gasteiger partial charge < -0.3 is 16.0 Å². The molecule has 16 heavy (non-hydrogen) atoms. The molecule has 2 unspecified atom stereocenters. The Labute approximate surface area is 102 Å². The van der Waals surface area contributed by atoms with Gasteiger partial charge in [-0.1, -0.05) is 12.2 Å². The molecule has 90 valence electrons. The van der Waals surface area contributed by atoms with E-state index in [2.05, 4.69) is 10.2 Å². The summed E-state index contributed by atoms with van der Waals surface area (Å²) >= 11 is 4.84. The minimum absolute atomic E-state index is 0.0220. The Morgan fingerprint density at radius 3 is 2.56 bits per heavy atom. The number of amides is 1. The van der Waals surface area contributed by atoms with Crippen molar-refractivity contribution in [1.82, 2.24) is 10.2 Å². The molecule has 0 saturated carbocycles. The standard InChI is InChI=1S/C11H19N3OS/c1-7(10(12)16)11(15)13-9-6-14-4-2-8(9)3-5-14/h7-9H,2-6H2,1H3,(H2,12,16)(H,13,15). The van der Waals surface area contributed by atoms with Gasteiger partial charge in [0.15, 0.2) is 0 Å². The summed E-state index contributed by atoms with van der Waals surface area (Å²) in [5.41, 5.74) is 5.48. The highest BCUT2D eigenvalue weighted by Gasteiger charge is 2.35. The lowest BCUT2D eigenvalue weighted by Gasteiger charge is -2.45. The van der Waals surface area contributed by atoms with Crippen molar-refractivity contribution >= 4 is 23.1 Å². The third-order valence-electron chi connectivity index (χ3n) is 3.80. The molecule has 3 aliphatic heterocycles. The van der Waals surface area contributed by atoms with E-state index in [1.165, 1.54) is 25.9 Å². The van der Waals surface area contributed by atoms with Crippen molar-refractivity contribution < 1.29 is 4.79 Å². The number of rotatable bonds is 3. The molecular weight excluding hydrogens is 222 g/mol. The van der Waals surface area contributed by atoms with Crippen molar-refractivity contribution in [2.75, 3.05) is 19.6 Å². The first-order valence-corrected chi connectivity index (χ1v) is 6.31. The van der Waals surface area contributed by atoms with Crippen LogP contribution < -0.4 is 11.1 Å². The molecule has 0 radical (unpaired) electrons. The Balaban J connectivity index is 1.90. The summed E-state index contributed by atoms with van der Waals surface area (Å²) in [5.74, 6) is 0.268. The van der Waals surface area contributed by atoms with Crippen LogP contribution in [0.3, 0.4) is 0 Å². The van der Waals surface area contributed by atoms with Crippen molar-refractivity contribution in [1.29, 1.82) is 0 Å². The molecule has 2 atom stereocenters. The van der Waals surface area contributed by atoms with Crippen LogP contribution in [0.2, 0.25) is 0 Å². The maximum atomic E-state index is 11.8. The van der Waals surface area contributed by atoms with Gasteiger partial charge in [0.05, 0.1) is 10.9 Å². The number of piperidine rings is 3. The molecule has 3 heterocycles. The number of nitrogens with two attached hydrogens (primary N) is 1. The average Bonchev–Trinajstić information content (AvgIpc) is 2.29. The summed E-state index contributed by atoms with van der Waals surface area (Å²) in [6.07, 6.45) is 2.40. The van der Waals surface area contributed by atoms with Crippen LogP contribution in [0.5, 0.6) is 0 Å². The molecular formula is C11H19N3OS. The van der Waals surface area contributed by atoms with Crippen molar-refractivity contribution in [2.45, 2.75) is 25.8 Å².